The SMILES string of the molecule is CCC[C@H](Oc1nc(N)c2ncc(Cc3cnc(N4CCC(CN(C)C)CC4)c(C)c3)n2n1)C(F)F. The fraction of sp³-hybridized carbons (Fsp3) is 0.600. The van der Waals surface area contributed by atoms with Crippen LogP contribution in [-0.4, -0.2) is 75.7 Å². The molecule has 1 aliphatic rings. The van der Waals surface area contributed by atoms with Crippen molar-refractivity contribution in [1.29, 1.82) is 0 Å². The number of hydrogen-bond donors (Lipinski definition) is 1. The number of nitrogen functional groups attached to an aromatic ring is 1. The van der Waals surface area contributed by atoms with Gasteiger partial charge in [-0.1, -0.05) is 19.4 Å². The number of alkyl halides is 2. The molecule has 2 N–H and O–H groups in total. The Kier molecular flexibility index (Phi) is 8.17. The van der Waals surface area contributed by atoms with Gasteiger partial charge in [0.05, 0.1) is 11.9 Å². The summed E-state index contributed by atoms with van der Waals surface area (Å²) in [6.45, 7) is 7.04. The number of fused-ring (bicyclic) bond motifs is 1. The maximum Gasteiger partial charge on any atom is 0.336 e. The van der Waals surface area contributed by atoms with E-state index in [-0.39, 0.29) is 18.2 Å². The van der Waals surface area contributed by atoms with Crippen LogP contribution < -0.4 is 15.4 Å². The van der Waals surface area contributed by atoms with Gasteiger partial charge in [0.25, 0.3) is 6.43 Å². The first kappa shape index (κ1) is 26.0. The van der Waals surface area contributed by atoms with Crippen LogP contribution in [0, 0.1) is 12.8 Å². The van der Waals surface area contributed by atoms with Crippen molar-refractivity contribution in [3.63, 3.8) is 0 Å². The second kappa shape index (κ2) is 11.3. The number of pyridine rings is 1. The molecule has 0 aromatic carbocycles. The number of rotatable bonds is 10. The third-order valence-electron chi connectivity index (χ3n) is 6.58. The first-order valence-electron chi connectivity index (χ1n) is 12.5. The third kappa shape index (κ3) is 6.00. The number of nitrogens with two attached hydrogens (primary N) is 1. The monoisotopic (exact) mass is 502 g/mol. The number of piperidine rings is 1. The normalized spacial score (nSPS) is 15.8. The molecule has 4 rings (SSSR count). The summed E-state index contributed by atoms with van der Waals surface area (Å²) in [6.07, 6.45) is 3.20. The van der Waals surface area contributed by atoms with Gasteiger partial charge in [0.15, 0.2) is 17.6 Å². The number of halogens is 2. The summed E-state index contributed by atoms with van der Waals surface area (Å²) >= 11 is 0. The first-order chi connectivity index (χ1) is 17.2. The van der Waals surface area contributed by atoms with Crippen molar-refractivity contribution in [2.24, 2.45) is 5.92 Å². The van der Waals surface area contributed by atoms with Gasteiger partial charge in [0.2, 0.25) is 0 Å². The van der Waals surface area contributed by atoms with E-state index in [0.717, 1.165) is 48.2 Å². The highest BCUT2D eigenvalue weighted by molar-refractivity contribution is 5.60. The molecule has 9 nitrogen and oxygen atoms in total. The molecule has 36 heavy (non-hydrogen) atoms. The van der Waals surface area contributed by atoms with Gasteiger partial charge in [-0.3, -0.25) is 0 Å². The Labute approximate surface area is 210 Å². The molecule has 1 aliphatic heterocycles. The number of hydrogen-bond acceptors (Lipinski definition) is 8. The Morgan fingerprint density at radius 2 is 1.94 bits per heavy atom. The molecule has 0 unspecified atom stereocenters. The number of anilines is 2. The van der Waals surface area contributed by atoms with E-state index in [1.165, 1.54) is 17.4 Å². The predicted octanol–water partition coefficient (Wildman–Crippen LogP) is 3.59. The summed E-state index contributed by atoms with van der Waals surface area (Å²) in [5.41, 5.74) is 9.25. The van der Waals surface area contributed by atoms with Crippen molar-refractivity contribution < 1.29 is 13.5 Å². The highest BCUT2D eigenvalue weighted by atomic mass is 19.3. The van der Waals surface area contributed by atoms with Crippen molar-refractivity contribution in [1.82, 2.24) is 29.5 Å². The minimum atomic E-state index is -2.64. The van der Waals surface area contributed by atoms with Gasteiger partial charge >= 0.3 is 6.01 Å². The Morgan fingerprint density at radius 3 is 2.58 bits per heavy atom. The van der Waals surface area contributed by atoms with E-state index < -0.39 is 12.5 Å². The molecule has 1 atom stereocenters. The van der Waals surface area contributed by atoms with Crippen LogP contribution >= 0.6 is 0 Å². The van der Waals surface area contributed by atoms with Gasteiger partial charge in [-0.15, -0.1) is 5.10 Å². The summed E-state index contributed by atoms with van der Waals surface area (Å²) in [5.74, 6) is 1.83. The lowest BCUT2D eigenvalue weighted by Gasteiger charge is -2.34. The van der Waals surface area contributed by atoms with Gasteiger partial charge in [-0.25, -0.2) is 23.3 Å². The lowest BCUT2D eigenvalue weighted by molar-refractivity contribution is 0.00115. The topological polar surface area (TPSA) is 97.7 Å². The number of aryl methyl sites for hydroxylation is 1. The Bertz CT molecular complexity index is 1160. The number of nitrogens with zero attached hydrogens (tertiary/aromatic N) is 7. The maximum atomic E-state index is 13.3. The Balaban J connectivity index is 1.49. The average Bonchev–Trinajstić information content (AvgIpc) is 3.22. The second-order valence-corrected chi connectivity index (χ2v) is 9.90. The molecule has 0 aliphatic carbocycles. The Hall–Kier alpha value is -3.08. The zero-order valence-electron chi connectivity index (χ0n) is 21.5. The third-order valence-corrected chi connectivity index (χ3v) is 6.58. The van der Waals surface area contributed by atoms with E-state index in [0.29, 0.717) is 18.5 Å². The smallest absolute Gasteiger partial charge is 0.336 e. The molecule has 196 valence electrons. The van der Waals surface area contributed by atoms with Crippen LogP contribution in [0.2, 0.25) is 0 Å². The van der Waals surface area contributed by atoms with Crippen LogP contribution in [0.5, 0.6) is 6.01 Å². The predicted molar refractivity (Wildman–Crippen MR) is 136 cm³/mol. The van der Waals surface area contributed by atoms with E-state index in [4.69, 9.17) is 15.5 Å². The molecule has 1 saturated heterocycles. The van der Waals surface area contributed by atoms with E-state index in [9.17, 15) is 8.78 Å². The molecule has 1 fully saturated rings. The fourth-order valence-electron chi connectivity index (χ4n) is 4.86. The number of ether oxygens (including phenoxy) is 1. The number of aromatic nitrogens is 5. The fourth-order valence-corrected chi connectivity index (χ4v) is 4.86. The summed E-state index contributed by atoms with van der Waals surface area (Å²) in [6, 6.07) is 1.95. The van der Waals surface area contributed by atoms with Crippen LogP contribution in [0.1, 0.15) is 49.4 Å². The van der Waals surface area contributed by atoms with E-state index in [2.05, 4.69) is 52.0 Å². The van der Waals surface area contributed by atoms with Crippen molar-refractivity contribution >= 4 is 17.3 Å². The zero-order chi connectivity index (χ0) is 25.8. The molecule has 0 amide bonds. The first-order valence-corrected chi connectivity index (χ1v) is 12.5. The highest BCUT2D eigenvalue weighted by Crippen LogP contribution is 2.26. The van der Waals surface area contributed by atoms with Crippen LogP contribution in [0.25, 0.3) is 5.65 Å². The lowest BCUT2D eigenvalue weighted by Crippen LogP contribution is -2.37. The van der Waals surface area contributed by atoms with Crippen molar-refractivity contribution in [3.8, 4) is 6.01 Å². The molecular weight excluding hydrogens is 466 g/mol. The Morgan fingerprint density at radius 1 is 1.19 bits per heavy atom. The van der Waals surface area contributed by atoms with E-state index in [1.54, 1.807) is 6.20 Å². The van der Waals surface area contributed by atoms with Crippen LogP contribution in [0.4, 0.5) is 20.4 Å². The molecule has 11 heteroatoms. The minimum Gasteiger partial charge on any atom is -0.453 e. The van der Waals surface area contributed by atoms with E-state index in [1.807, 2.05) is 13.1 Å². The van der Waals surface area contributed by atoms with Gasteiger partial charge in [0, 0.05) is 32.3 Å². The van der Waals surface area contributed by atoms with Crippen LogP contribution in [0.3, 0.4) is 0 Å². The summed E-state index contributed by atoms with van der Waals surface area (Å²) in [4.78, 5) is 17.8. The van der Waals surface area contributed by atoms with Crippen LogP contribution in [0.15, 0.2) is 18.5 Å². The molecule has 0 spiro atoms. The lowest BCUT2D eigenvalue weighted by atomic mass is 9.96. The molecular formula is C25H36F2N8O. The van der Waals surface area contributed by atoms with Gasteiger partial charge in [0.1, 0.15) is 5.82 Å². The quantitative estimate of drug-likeness (QED) is 0.449. The maximum absolute atomic E-state index is 13.3. The van der Waals surface area contributed by atoms with E-state index >= 15 is 0 Å². The molecule has 0 radical (unpaired) electrons. The molecule has 3 aromatic heterocycles. The zero-order valence-corrected chi connectivity index (χ0v) is 21.5. The largest absolute Gasteiger partial charge is 0.453 e. The van der Waals surface area contributed by atoms with Crippen LogP contribution in [-0.2, 0) is 6.42 Å². The van der Waals surface area contributed by atoms with Crippen molar-refractivity contribution in [3.05, 3.63) is 35.3 Å². The second-order valence-electron chi connectivity index (χ2n) is 9.90. The van der Waals surface area contributed by atoms with Crippen molar-refractivity contribution in [2.75, 3.05) is 44.4 Å². The number of imidazole rings is 1. The summed E-state index contributed by atoms with van der Waals surface area (Å²) in [5, 5.41) is 4.31. The minimum absolute atomic E-state index is 0.0816. The molecule has 4 heterocycles. The van der Waals surface area contributed by atoms with Gasteiger partial charge in [-0.05, 0) is 57.3 Å². The standard InChI is InChI=1S/C25H36F2N8O/c1-5-6-20(21(26)27)36-25-31-22(28)24-30-14-19(35(24)32-25)12-18-11-16(2)23(29-13-18)34-9-7-17(8-10-34)15-33(3)4/h11,13-14,17,20-21H,5-10,12,15H2,1-4H3,(H2,28,31,32)/t20-/m0/s1. The average molecular weight is 503 g/mol. The molecule has 0 saturated carbocycles. The summed E-state index contributed by atoms with van der Waals surface area (Å²) < 4.78 is 33.6. The highest BCUT2D eigenvalue weighted by Gasteiger charge is 2.24. The molecule has 3 aromatic rings. The van der Waals surface area contributed by atoms with Gasteiger partial charge < -0.3 is 20.3 Å². The summed E-state index contributed by atoms with van der Waals surface area (Å²) in [7, 11) is 4.25. The molecule has 0 bridgehead atoms. The van der Waals surface area contributed by atoms with Gasteiger partial charge in [-0.2, -0.15) is 4.98 Å². The van der Waals surface area contributed by atoms with Crippen molar-refractivity contribution in [2.45, 2.75) is 58.5 Å².